The molecule has 7 nitrogen and oxygen atoms in total. The predicted octanol–water partition coefficient (Wildman–Crippen LogP) is 7.29. The van der Waals surface area contributed by atoms with E-state index >= 15 is 0 Å². The monoisotopic (exact) mass is 579 g/mol. The van der Waals surface area contributed by atoms with E-state index in [4.69, 9.17) is 32.4 Å². The third-order valence-electron chi connectivity index (χ3n) is 7.75. The van der Waals surface area contributed by atoms with Gasteiger partial charge in [0.15, 0.2) is 8.32 Å². The topological polar surface area (TPSA) is 81.6 Å². The van der Waals surface area contributed by atoms with Gasteiger partial charge in [-0.15, -0.1) is 0 Å². The number of esters is 1. The van der Waals surface area contributed by atoms with E-state index in [0.29, 0.717) is 30.3 Å². The third-order valence-corrected chi connectivity index (χ3v) is 12.1. The van der Waals surface area contributed by atoms with Gasteiger partial charge in [-0.25, -0.2) is 9.97 Å². The maximum absolute atomic E-state index is 13.8. The van der Waals surface area contributed by atoms with E-state index in [1.54, 1.807) is 4.90 Å². The number of rotatable bonds is 10. The molecule has 1 saturated carbocycles. The maximum atomic E-state index is 13.8. The summed E-state index contributed by atoms with van der Waals surface area (Å²) in [6.45, 7) is 11.0. The van der Waals surface area contributed by atoms with Gasteiger partial charge in [0.05, 0.1) is 19.8 Å². The van der Waals surface area contributed by atoms with Crippen LogP contribution in [0.3, 0.4) is 0 Å². The Kier molecular flexibility index (Phi) is 10.7. The van der Waals surface area contributed by atoms with Crippen molar-refractivity contribution in [1.29, 1.82) is 0 Å². The zero-order valence-electron chi connectivity index (χ0n) is 23.2. The summed E-state index contributed by atoms with van der Waals surface area (Å²) in [5.74, 6) is 0.308. The van der Waals surface area contributed by atoms with Crippen LogP contribution in [0.4, 0.5) is 5.69 Å². The largest absolute Gasteiger partial charge is 0.469 e. The fraction of sp³-hybridized carbons (Fsp3) is 0.571. The second-order valence-corrected chi connectivity index (χ2v) is 16.3. The van der Waals surface area contributed by atoms with E-state index in [2.05, 4.69) is 49.0 Å². The van der Waals surface area contributed by atoms with Crippen molar-refractivity contribution in [3.8, 4) is 0 Å². The first-order chi connectivity index (χ1) is 17.9. The Bertz CT molecular complexity index is 1090. The quantitative estimate of drug-likeness (QED) is 0.167. The van der Waals surface area contributed by atoms with E-state index in [0.717, 1.165) is 31.4 Å². The summed E-state index contributed by atoms with van der Waals surface area (Å²) < 4.78 is 11.3. The molecule has 0 spiro atoms. The Hall–Kier alpha value is -2.00. The summed E-state index contributed by atoms with van der Waals surface area (Å²) in [6.07, 6.45) is 5.58. The highest BCUT2D eigenvalue weighted by Crippen LogP contribution is 2.38. The normalized spacial score (nSPS) is 18.8. The van der Waals surface area contributed by atoms with Gasteiger partial charge in [0.1, 0.15) is 22.2 Å². The minimum absolute atomic E-state index is 0.0193. The lowest BCUT2D eigenvalue weighted by molar-refractivity contribution is -0.142. The van der Waals surface area contributed by atoms with Gasteiger partial charge in [0, 0.05) is 12.1 Å². The van der Waals surface area contributed by atoms with Crippen molar-refractivity contribution in [2.45, 2.75) is 83.5 Å². The lowest BCUT2D eigenvalue weighted by atomic mass is 9.77. The minimum atomic E-state index is -1.94. The van der Waals surface area contributed by atoms with Crippen LogP contribution in [-0.2, 0) is 14.0 Å². The highest BCUT2D eigenvalue weighted by molar-refractivity contribution is 6.72. The number of benzene rings is 1. The number of hydrogen-bond acceptors (Lipinski definition) is 6. The van der Waals surface area contributed by atoms with Gasteiger partial charge in [0.2, 0.25) is 0 Å². The SMILES string of the molecule is COC(=O)C[C@H]1CC[C@H](c2ccc(N(C[C@@H](C)O[Si](C)(C)C(C)C)C(=O)c3c(Cl)ncnc3Cl)cc2)CC1. The molecule has 1 aromatic carbocycles. The smallest absolute Gasteiger partial charge is 0.305 e. The molecular formula is C28H39Cl2N3O4Si. The summed E-state index contributed by atoms with van der Waals surface area (Å²) in [7, 11) is -0.501. The molecule has 0 radical (unpaired) electrons. The van der Waals surface area contributed by atoms with E-state index in [1.165, 1.54) is 19.0 Å². The van der Waals surface area contributed by atoms with Crippen LogP contribution in [-0.4, -0.2) is 49.9 Å². The number of anilines is 1. The fourth-order valence-corrected chi connectivity index (χ4v) is 6.72. The molecule has 0 unspecified atom stereocenters. The predicted molar refractivity (Wildman–Crippen MR) is 155 cm³/mol. The Balaban J connectivity index is 1.81. The molecule has 1 amide bonds. The van der Waals surface area contributed by atoms with E-state index in [9.17, 15) is 9.59 Å². The van der Waals surface area contributed by atoms with Gasteiger partial charge >= 0.3 is 5.97 Å². The first kappa shape index (κ1) is 30.5. The fourth-order valence-electron chi connectivity index (χ4n) is 4.86. The van der Waals surface area contributed by atoms with Gasteiger partial charge in [-0.3, -0.25) is 9.59 Å². The van der Waals surface area contributed by atoms with Crippen LogP contribution in [0.1, 0.15) is 74.7 Å². The van der Waals surface area contributed by atoms with Gasteiger partial charge < -0.3 is 14.1 Å². The van der Waals surface area contributed by atoms with Crippen LogP contribution in [0.2, 0.25) is 28.9 Å². The third kappa shape index (κ3) is 7.78. The zero-order valence-corrected chi connectivity index (χ0v) is 25.7. The summed E-state index contributed by atoms with van der Waals surface area (Å²) in [6, 6.07) is 8.11. The van der Waals surface area contributed by atoms with Crippen molar-refractivity contribution in [1.82, 2.24) is 9.97 Å². The number of aromatic nitrogens is 2. The van der Waals surface area contributed by atoms with Crippen molar-refractivity contribution < 1.29 is 18.8 Å². The molecule has 1 heterocycles. The maximum Gasteiger partial charge on any atom is 0.305 e. The number of ether oxygens (including phenoxy) is 1. The molecule has 3 rings (SSSR count). The number of halogens is 2. The highest BCUT2D eigenvalue weighted by atomic mass is 35.5. The summed E-state index contributed by atoms with van der Waals surface area (Å²) in [4.78, 5) is 35.0. The molecule has 0 aliphatic heterocycles. The van der Waals surface area contributed by atoms with Crippen molar-refractivity contribution >= 4 is 49.1 Å². The molecule has 208 valence electrons. The number of nitrogens with zero attached hydrogens (tertiary/aromatic N) is 3. The standard InChI is InChI=1S/C28H39Cl2N3O4Si/c1-18(2)38(5,6)37-19(3)16-33(28(35)25-26(29)31-17-32-27(25)30)23-13-11-22(12-14-23)21-9-7-20(8-10-21)15-24(34)36-4/h11-14,17-21H,7-10,15-16H2,1-6H3/t19-,20-,21-/m1/s1. The van der Waals surface area contributed by atoms with E-state index in [-0.39, 0.29) is 33.9 Å². The molecule has 0 saturated heterocycles. The molecule has 0 bridgehead atoms. The lowest BCUT2D eigenvalue weighted by Gasteiger charge is -2.34. The molecule has 0 N–H and O–H groups in total. The molecule has 2 aromatic rings. The second-order valence-electron chi connectivity index (χ2n) is 11.0. The molecule has 38 heavy (non-hydrogen) atoms. The van der Waals surface area contributed by atoms with Gasteiger partial charge in [-0.1, -0.05) is 49.2 Å². The lowest BCUT2D eigenvalue weighted by Crippen LogP contribution is -2.44. The molecule has 10 heteroatoms. The summed E-state index contributed by atoms with van der Waals surface area (Å²) in [5, 5.41) is 0.0385. The Labute approximate surface area is 237 Å². The number of carbonyl (C=O) groups excluding carboxylic acids is 2. The van der Waals surface area contributed by atoms with Crippen LogP contribution in [0.5, 0.6) is 0 Å². The zero-order chi connectivity index (χ0) is 28.0. The second kappa shape index (κ2) is 13.4. The number of carbonyl (C=O) groups is 2. The van der Waals surface area contributed by atoms with Crippen LogP contribution >= 0.6 is 23.2 Å². The Morgan fingerprint density at radius 3 is 2.13 bits per heavy atom. The van der Waals surface area contributed by atoms with Crippen LogP contribution < -0.4 is 4.90 Å². The van der Waals surface area contributed by atoms with Crippen LogP contribution in [0.25, 0.3) is 0 Å². The first-order valence-corrected chi connectivity index (χ1v) is 17.0. The van der Waals surface area contributed by atoms with Crippen molar-refractivity contribution in [3.63, 3.8) is 0 Å². The van der Waals surface area contributed by atoms with Gasteiger partial charge in [-0.2, -0.15) is 0 Å². The summed E-state index contributed by atoms with van der Waals surface area (Å²) in [5.41, 5.74) is 2.47. The molecule has 1 aliphatic carbocycles. The van der Waals surface area contributed by atoms with Gasteiger partial charge in [0.25, 0.3) is 5.91 Å². The Morgan fingerprint density at radius 2 is 1.61 bits per heavy atom. The molecule has 1 atom stereocenters. The minimum Gasteiger partial charge on any atom is -0.469 e. The van der Waals surface area contributed by atoms with Crippen molar-refractivity contribution in [2.24, 2.45) is 5.92 Å². The van der Waals surface area contributed by atoms with Gasteiger partial charge in [-0.05, 0) is 80.8 Å². The van der Waals surface area contributed by atoms with Crippen LogP contribution in [0.15, 0.2) is 30.6 Å². The van der Waals surface area contributed by atoms with E-state index in [1.807, 2.05) is 19.1 Å². The average Bonchev–Trinajstić information content (AvgIpc) is 2.87. The first-order valence-electron chi connectivity index (χ1n) is 13.2. The average molecular weight is 581 g/mol. The van der Waals surface area contributed by atoms with E-state index < -0.39 is 8.32 Å². The molecular weight excluding hydrogens is 541 g/mol. The number of amides is 1. The van der Waals surface area contributed by atoms with Crippen molar-refractivity contribution in [3.05, 3.63) is 52.0 Å². The molecule has 1 fully saturated rings. The molecule has 1 aromatic heterocycles. The number of methoxy groups -OCH3 is 1. The number of hydrogen-bond donors (Lipinski definition) is 0. The highest BCUT2D eigenvalue weighted by Gasteiger charge is 2.32. The van der Waals surface area contributed by atoms with Crippen LogP contribution in [0, 0.1) is 5.92 Å². The van der Waals surface area contributed by atoms with Crippen molar-refractivity contribution in [2.75, 3.05) is 18.6 Å². The Morgan fingerprint density at radius 1 is 1.03 bits per heavy atom. The summed E-state index contributed by atoms with van der Waals surface area (Å²) >= 11 is 12.6. The molecule has 1 aliphatic rings.